The van der Waals surface area contributed by atoms with E-state index in [0.717, 1.165) is 0 Å². The molecular weight excluding hydrogens is 266 g/mol. The SMILES string of the molecule is CC(C)NC(=O)C(C)S(=O)c1cccc(C(=O)O)c1. The third-order valence-electron chi connectivity index (χ3n) is 2.43. The molecule has 5 nitrogen and oxygen atoms in total. The van der Waals surface area contributed by atoms with E-state index in [1.54, 1.807) is 13.0 Å². The minimum atomic E-state index is -1.58. The molecule has 0 bridgehead atoms. The van der Waals surface area contributed by atoms with Gasteiger partial charge in [0.1, 0.15) is 5.25 Å². The van der Waals surface area contributed by atoms with E-state index in [1.165, 1.54) is 18.2 Å². The Balaban J connectivity index is 2.91. The van der Waals surface area contributed by atoms with Gasteiger partial charge in [0.2, 0.25) is 5.91 Å². The van der Waals surface area contributed by atoms with Crippen molar-refractivity contribution in [1.82, 2.24) is 5.32 Å². The van der Waals surface area contributed by atoms with Gasteiger partial charge in [-0.05, 0) is 39.0 Å². The number of nitrogens with one attached hydrogen (secondary N) is 1. The highest BCUT2D eigenvalue weighted by Crippen LogP contribution is 2.14. The van der Waals surface area contributed by atoms with Crippen molar-refractivity contribution in [1.29, 1.82) is 0 Å². The van der Waals surface area contributed by atoms with Crippen LogP contribution in [0.5, 0.6) is 0 Å². The van der Waals surface area contributed by atoms with E-state index in [2.05, 4.69) is 5.32 Å². The maximum atomic E-state index is 12.2. The van der Waals surface area contributed by atoms with Crippen LogP contribution < -0.4 is 5.32 Å². The van der Waals surface area contributed by atoms with Crippen LogP contribution >= 0.6 is 0 Å². The molecule has 1 aromatic rings. The average Bonchev–Trinajstić information content (AvgIpc) is 2.36. The molecule has 0 saturated heterocycles. The standard InChI is InChI=1S/C13H17NO4S/c1-8(2)14-12(15)9(3)19(18)11-6-4-5-10(7-11)13(16)17/h4-9H,1-3H3,(H,14,15)(H,16,17). The average molecular weight is 283 g/mol. The number of carboxylic acid groups (broad SMARTS) is 1. The van der Waals surface area contributed by atoms with E-state index in [1.807, 2.05) is 13.8 Å². The van der Waals surface area contributed by atoms with E-state index < -0.39 is 22.0 Å². The van der Waals surface area contributed by atoms with Crippen LogP contribution in [-0.4, -0.2) is 32.5 Å². The molecule has 2 atom stereocenters. The molecule has 6 heteroatoms. The molecule has 0 aliphatic rings. The lowest BCUT2D eigenvalue weighted by atomic mass is 10.2. The van der Waals surface area contributed by atoms with Gasteiger partial charge in [0.25, 0.3) is 0 Å². The highest BCUT2D eigenvalue weighted by Gasteiger charge is 2.22. The maximum Gasteiger partial charge on any atom is 0.335 e. The van der Waals surface area contributed by atoms with Crippen molar-refractivity contribution < 1.29 is 18.9 Å². The Bertz CT molecular complexity index is 513. The Morgan fingerprint density at radius 3 is 2.42 bits per heavy atom. The van der Waals surface area contributed by atoms with Gasteiger partial charge in [-0.2, -0.15) is 0 Å². The summed E-state index contributed by atoms with van der Waals surface area (Å²) in [5, 5.41) is 10.8. The number of rotatable bonds is 5. The highest BCUT2D eigenvalue weighted by molar-refractivity contribution is 7.86. The number of carboxylic acids is 1. The Labute approximate surface area is 114 Å². The monoisotopic (exact) mass is 283 g/mol. The molecule has 2 unspecified atom stereocenters. The van der Waals surface area contributed by atoms with Crippen LogP contribution in [0, 0.1) is 0 Å². The number of amides is 1. The molecule has 104 valence electrons. The molecule has 0 spiro atoms. The van der Waals surface area contributed by atoms with Crippen LogP contribution in [-0.2, 0) is 15.6 Å². The second kappa shape index (κ2) is 6.47. The minimum absolute atomic E-state index is 0.0303. The van der Waals surface area contributed by atoms with Gasteiger partial charge in [0, 0.05) is 10.9 Å². The van der Waals surface area contributed by atoms with E-state index in [-0.39, 0.29) is 17.5 Å². The zero-order chi connectivity index (χ0) is 14.6. The van der Waals surface area contributed by atoms with Gasteiger partial charge >= 0.3 is 5.97 Å². The van der Waals surface area contributed by atoms with Crippen molar-refractivity contribution in [3.05, 3.63) is 29.8 Å². The van der Waals surface area contributed by atoms with Gasteiger partial charge in [-0.3, -0.25) is 9.00 Å². The number of hydrogen-bond acceptors (Lipinski definition) is 3. The summed E-state index contributed by atoms with van der Waals surface area (Å²) in [4.78, 5) is 23.0. The summed E-state index contributed by atoms with van der Waals surface area (Å²) in [6, 6.07) is 5.79. The lowest BCUT2D eigenvalue weighted by molar-refractivity contribution is -0.120. The fourth-order valence-electron chi connectivity index (χ4n) is 1.46. The van der Waals surface area contributed by atoms with Crippen molar-refractivity contribution in [3.63, 3.8) is 0 Å². The summed E-state index contributed by atoms with van der Waals surface area (Å²) in [5.74, 6) is -1.40. The van der Waals surface area contributed by atoms with Gasteiger partial charge < -0.3 is 10.4 Å². The van der Waals surface area contributed by atoms with Gasteiger partial charge in [-0.1, -0.05) is 6.07 Å². The Morgan fingerprint density at radius 2 is 1.89 bits per heavy atom. The van der Waals surface area contributed by atoms with Crippen LogP contribution in [0.25, 0.3) is 0 Å². The van der Waals surface area contributed by atoms with Gasteiger partial charge in [0.15, 0.2) is 0 Å². The minimum Gasteiger partial charge on any atom is -0.478 e. The van der Waals surface area contributed by atoms with Crippen LogP contribution in [0.3, 0.4) is 0 Å². The molecule has 0 radical (unpaired) electrons. The topological polar surface area (TPSA) is 83.5 Å². The third kappa shape index (κ3) is 4.17. The Kier molecular flexibility index (Phi) is 5.23. The van der Waals surface area contributed by atoms with E-state index in [4.69, 9.17) is 5.11 Å². The first-order chi connectivity index (χ1) is 8.82. The molecule has 0 heterocycles. The number of carbonyl (C=O) groups is 2. The van der Waals surface area contributed by atoms with Gasteiger partial charge in [-0.25, -0.2) is 4.79 Å². The van der Waals surface area contributed by atoms with Crippen LogP contribution in [0.2, 0.25) is 0 Å². The molecule has 0 aliphatic heterocycles. The molecular formula is C13H17NO4S. The van der Waals surface area contributed by atoms with E-state index >= 15 is 0 Å². The summed E-state index contributed by atoms with van der Waals surface area (Å²) in [6.07, 6.45) is 0. The predicted molar refractivity (Wildman–Crippen MR) is 72.6 cm³/mol. The molecule has 1 rings (SSSR count). The summed E-state index contributed by atoms with van der Waals surface area (Å²) in [6.45, 7) is 5.19. The van der Waals surface area contributed by atoms with Crippen LogP contribution in [0.1, 0.15) is 31.1 Å². The molecule has 19 heavy (non-hydrogen) atoms. The predicted octanol–water partition coefficient (Wildman–Crippen LogP) is 1.41. The molecule has 2 N–H and O–H groups in total. The lowest BCUT2D eigenvalue weighted by Gasteiger charge is -2.14. The Morgan fingerprint density at radius 1 is 1.26 bits per heavy atom. The van der Waals surface area contributed by atoms with Crippen LogP contribution in [0.4, 0.5) is 0 Å². The first-order valence-electron chi connectivity index (χ1n) is 5.87. The second-order valence-corrected chi connectivity index (χ2v) is 6.21. The zero-order valence-electron chi connectivity index (χ0n) is 11.0. The van der Waals surface area contributed by atoms with Gasteiger partial charge in [0.05, 0.1) is 16.4 Å². The summed E-state index contributed by atoms with van der Waals surface area (Å²) in [7, 11) is -1.58. The third-order valence-corrected chi connectivity index (χ3v) is 4.01. The number of benzene rings is 1. The van der Waals surface area contributed by atoms with Crippen molar-refractivity contribution in [2.75, 3.05) is 0 Å². The fourth-order valence-corrected chi connectivity index (χ4v) is 2.58. The molecule has 0 aromatic heterocycles. The highest BCUT2D eigenvalue weighted by atomic mass is 32.2. The summed E-state index contributed by atoms with van der Waals surface area (Å²) < 4.78 is 12.2. The zero-order valence-corrected chi connectivity index (χ0v) is 11.9. The molecule has 1 amide bonds. The van der Waals surface area contributed by atoms with Crippen LogP contribution in [0.15, 0.2) is 29.2 Å². The largest absolute Gasteiger partial charge is 0.478 e. The van der Waals surface area contributed by atoms with E-state index in [9.17, 15) is 13.8 Å². The van der Waals surface area contributed by atoms with E-state index in [0.29, 0.717) is 4.90 Å². The second-order valence-electron chi connectivity index (χ2n) is 4.44. The van der Waals surface area contributed by atoms with Crippen molar-refractivity contribution >= 4 is 22.7 Å². The number of aromatic carboxylic acids is 1. The summed E-state index contributed by atoms with van der Waals surface area (Å²) >= 11 is 0. The summed E-state index contributed by atoms with van der Waals surface area (Å²) in [5.41, 5.74) is 0.0577. The van der Waals surface area contributed by atoms with Crippen molar-refractivity contribution in [3.8, 4) is 0 Å². The maximum absolute atomic E-state index is 12.2. The van der Waals surface area contributed by atoms with Crippen molar-refractivity contribution in [2.45, 2.75) is 37.0 Å². The molecule has 0 saturated carbocycles. The quantitative estimate of drug-likeness (QED) is 0.855. The number of hydrogen-bond donors (Lipinski definition) is 2. The first-order valence-corrected chi connectivity index (χ1v) is 7.08. The smallest absolute Gasteiger partial charge is 0.335 e. The normalized spacial score (nSPS) is 13.9. The lowest BCUT2D eigenvalue weighted by Crippen LogP contribution is -2.39. The number of carbonyl (C=O) groups excluding carboxylic acids is 1. The van der Waals surface area contributed by atoms with Gasteiger partial charge in [-0.15, -0.1) is 0 Å². The molecule has 0 aliphatic carbocycles. The first kappa shape index (κ1) is 15.4. The van der Waals surface area contributed by atoms with Crippen molar-refractivity contribution in [2.24, 2.45) is 0 Å². The fraction of sp³-hybridized carbons (Fsp3) is 0.385. The molecule has 1 aromatic carbocycles. The molecule has 0 fully saturated rings. The Hall–Kier alpha value is -1.69.